The quantitative estimate of drug-likeness (QED) is 0.181. The van der Waals surface area contributed by atoms with Gasteiger partial charge in [0.25, 0.3) is 0 Å². The summed E-state index contributed by atoms with van der Waals surface area (Å²) in [5.41, 5.74) is 13.1. The zero-order chi connectivity index (χ0) is 33.0. The molecule has 0 radical (unpaired) electrons. The van der Waals surface area contributed by atoms with Crippen molar-refractivity contribution in [3.05, 3.63) is 187 Å². The molecule has 0 aromatic heterocycles. The number of hydrogen-bond donors (Lipinski definition) is 0. The predicted octanol–water partition coefficient (Wildman–Crippen LogP) is 13.9. The molecular formula is C50H34. The normalized spacial score (nSPS) is 12.6. The lowest BCUT2D eigenvalue weighted by molar-refractivity contribution is 0.991. The van der Waals surface area contributed by atoms with Crippen LogP contribution in [0, 0.1) is 0 Å². The van der Waals surface area contributed by atoms with Crippen LogP contribution in [0.15, 0.2) is 176 Å². The van der Waals surface area contributed by atoms with Gasteiger partial charge in [0.15, 0.2) is 0 Å². The minimum atomic E-state index is 1.04. The van der Waals surface area contributed by atoms with Crippen molar-refractivity contribution in [2.75, 3.05) is 0 Å². The summed E-state index contributed by atoms with van der Waals surface area (Å²) in [7, 11) is 0. The molecule has 10 rings (SSSR count). The molecule has 0 heteroatoms. The van der Waals surface area contributed by atoms with Gasteiger partial charge in [0, 0.05) is 0 Å². The summed E-state index contributed by atoms with van der Waals surface area (Å²) >= 11 is 0. The van der Waals surface area contributed by atoms with Crippen molar-refractivity contribution in [2.45, 2.75) is 12.8 Å². The van der Waals surface area contributed by atoms with Crippen molar-refractivity contribution in [3.8, 4) is 44.5 Å². The highest BCUT2D eigenvalue weighted by Gasteiger charge is 2.22. The van der Waals surface area contributed by atoms with E-state index >= 15 is 0 Å². The summed E-state index contributed by atoms with van der Waals surface area (Å²) in [6, 6.07) is 62.7. The van der Waals surface area contributed by atoms with Gasteiger partial charge in [-0.25, -0.2) is 0 Å². The molecule has 1 aliphatic rings. The Morgan fingerprint density at radius 1 is 0.340 bits per heavy atom. The SMILES string of the molecule is C1=Cc2c(c(-c3ccc(-c4ccc5cc(-c6cccc7ccccc67)ccc5c4)cc3)c3ccccc3c2-c2cccc3ccccc23)CC1. The van der Waals surface area contributed by atoms with Gasteiger partial charge in [-0.05, 0) is 124 Å². The van der Waals surface area contributed by atoms with Crippen molar-refractivity contribution in [3.63, 3.8) is 0 Å². The summed E-state index contributed by atoms with van der Waals surface area (Å²) in [6.07, 6.45) is 6.83. The summed E-state index contributed by atoms with van der Waals surface area (Å²) in [4.78, 5) is 0. The molecule has 0 saturated heterocycles. The Labute approximate surface area is 292 Å². The van der Waals surface area contributed by atoms with Gasteiger partial charge in [-0.1, -0.05) is 170 Å². The molecule has 0 amide bonds. The predicted molar refractivity (Wildman–Crippen MR) is 216 cm³/mol. The molecule has 0 N–H and O–H groups in total. The number of allylic oxidation sites excluding steroid dienone is 1. The molecular weight excluding hydrogens is 601 g/mol. The zero-order valence-electron chi connectivity index (χ0n) is 27.7. The Balaban J connectivity index is 1.06. The lowest BCUT2D eigenvalue weighted by Gasteiger charge is -2.24. The monoisotopic (exact) mass is 634 g/mol. The van der Waals surface area contributed by atoms with Crippen LogP contribution in [0.3, 0.4) is 0 Å². The average Bonchev–Trinajstić information content (AvgIpc) is 3.19. The van der Waals surface area contributed by atoms with E-state index in [4.69, 9.17) is 0 Å². The van der Waals surface area contributed by atoms with Crippen LogP contribution in [0.5, 0.6) is 0 Å². The fraction of sp³-hybridized carbons (Fsp3) is 0.0400. The minimum absolute atomic E-state index is 1.04. The second-order valence-electron chi connectivity index (χ2n) is 13.5. The van der Waals surface area contributed by atoms with Crippen LogP contribution in [0.1, 0.15) is 17.5 Å². The van der Waals surface area contributed by atoms with E-state index in [1.807, 2.05) is 0 Å². The first kappa shape index (κ1) is 28.7. The molecule has 0 unspecified atom stereocenters. The number of fused-ring (bicyclic) bond motifs is 5. The van der Waals surface area contributed by atoms with Crippen LogP contribution in [-0.2, 0) is 6.42 Å². The summed E-state index contributed by atoms with van der Waals surface area (Å²) < 4.78 is 0. The molecule has 9 aromatic carbocycles. The van der Waals surface area contributed by atoms with Crippen LogP contribution in [0.4, 0.5) is 0 Å². The van der Waals surface area contributed by atoms with E-state index in [1.54, 1.807) is 0 Å². The van der Waals surface area contributed by atoms with E-state index in [0.29, 0.717) is 0 Å². The second-order valence-corrected chi connectivity index (χ2v) is 13.5. The van der Waals surface area contributed by atoms with Gasteiger partial charge in [0.1, 0.15) is 0 Å². The van der Waals surface area contributed by atoms with Crippen molar-refractivity contribution >= 4 is 49.2 Å². The molecule has 0 heterocycles. The maximum Gasteiger partial charge on any atom is -0.00235 e. The Morgan fingerprint density at radius 2 is 0.860 bits per heavy atom. The Bertz CT molecular complexity index is 2790. The van der Waals surface area contributed by atoms with Crippen molar-refractivity contribution < 1.29 is 0 Å². The molecule has 50 heavy (non-hydrogen) atoms. The number of hydrogen-bond acceptors (Lipinski definition) is 0. The van der Waals surface area contributed by atoms with E-state index in [0.717, 1.165) is 12.8 Å². The first-order valence-electron chi connectivity index (χ1n) is 17.7. The summed E-state index contributed by atoms with van der Waals surface area (Å²) in [5, 5.41) is 10.3. The third kappa shape index (κ3) is 4.68. The minimum Gasteiger partial charge on any atom is -0.0836 e. The molecule has 9 aromatic rings. The lowest BCUT2D eigenvalue weighted by Crippen LogP contribution is -2.02. The smallest absolute Gasteiger partial charge is 0.00235 e. The molecule has 234 valence electrons. The van der Waals surface area contributed by atoms with Gasteiger partial charge in [0.2, 0.25) is 0 Å². The maximum absolute atomic E-state index is 2.38. The number of rotatable bonds is 4. The van der Waals surface area contributed by atoms with Gasteiger partial charge in [0.05, 0.1) is 0 Å². The summed E-state index contributed by atoms with van der Waals surface area (Å²) in [6.45, 7) is 0. The molecule has 0 aliphatic heterocycles. The molecule has 0 atom stereocenters. The Kier molecular flexibility index (Phi) is 6.74. The third-order valence-corrected chi connectivity index (χ3v) is 10.7. The standard InChI is InChI=1S/C50H34/c1-3-15-41-34(11-1)13-9-21-43(41)40-30-29-38-31-37(27-28-39(38)32-40)33-23-25-36(26-24-33)49-45-17-5-7-19-47(45)50(48-20-8-6-18-46(48)49)44-22-10-14-35-12-2-4-16-42(35)44/h1-5,7-17,19-32H,6,18H2. The van der Waals surface area contributed by atoms with E-state index in [9.17, 15) is 0 Å². The first-order valence-corrected chi connectivity index (χ1v) is 17.7. The van der Waals surface area contributed by atoms with E-state index < -0.39 is 0 Å². The fourth-order valence-electron chi connectivity index (χ4n) is 8.35. The topological polar surface area (TPSA) is 0 Å². The molecule has 1 aliphatic carbocycles. The van der Waals surface area contributed by atoms with Crippen molar-refractivity contribution in [1.29, 1.82) is 0 Å². The fourth-order valence-corrected chi connectivity index (χ4v) is 8.35. The second kappa shape index (κ2) is 11.7. The van der Waals surface area contributed by atoms with Gasteiger partial charge in [-0.3, -0.25) is 0 Å². The first-order chi connectivity index (χ1) is 24.8. The lowest BCUT2D eigenvalue weighted by atomic mass is 9.79. The van der Waals surface area contributed by atoms with E-state index in [2.05, 4.69) is 182 Å². The highest BCUT2D eigenvalue weighted by molar-refractivity contribution is 6.14. The summed E-state index contributed by atoms with van der Waals surface area (Å²) in [5.74, 6) is 0. The van der Waals surface area contributed by atoms with E-state index in [-0.39, 0.29) is 0 Å². The largest absolute Gasteiger partial charge is 0.0836 e. The van der Waals surface area contributed by atoms with Crippen LogP contribution in [-0.4, -0.2) is 0 Å². The van der Waals surface area contributed by atoms with Gasteiger partial charge in [-0.15, -0.1) is 0 Å². The Morgan fingerprint density at radius 3 is 1.58 bits per heavy atom. The maximum atomic E-state index is 2.38. The van der Waals surface area contributed by atoms with Crippen LogP contribution in [0.2, 0.25) is 0 Å². The number of benzene rings is 9. The highest BCUT2D eigenvalue weighted by Crippen LogP contribution is 2.46. The van der Waals surface area contributed by atoms with Gasteiger partial charge in [-0.2, -0.15) is 0 Å². The van der Waals surface area contributed by atoms with Gasteiger partial charge < -0.3 is 0 Å². The average molecular weight is 635 g/mol. The molecule has 0 nitrogen and oxygen atoms in total. The highest BCUT2D eigenvalue weighted by atomic mass is 14.3. The third-order valence-electron chi connectivity index (χ3n) is 10.7. The molecule has 0 saturated carbocycles. The van der Waals surface area contributed by atoms with Crippen LogP contribution < -0.4 is 0 Å². The van der Waals surface area contributed by atoms with Gasteiger partial charge >= 0.3 is 0 Å². The van der Waals surface area contributed by atoms with Crippen molar-refractivity contribution in [1.82, 2.24) is 0 Å². The molecule has 0 spiro atoms. The van der Waals surface area contributed by atoms with Crippen LogP contribution >= 0.6 is 0 Å². The Hall–Kier alpha value is -6.24. The molecule has 0 fully saturated rings. The zero-order valence-corrected chi connectivity index (χ0v) is 27.7. The molecule has 0 bridgehead atoms. The van der Waals surface area contributed by atoms with Crippen LogP contribution in [0.25, 0.3) is 93.7 Å². The van der Waals surface area contributed by atoms with E-state index in [1.165, 1.54) is 98.7 Å². The van der Waals surface area contributed by atoms with Crippen molar-refractivity contribution in [2.24, 2.45) is 0 Å².